The van der Waals surface area contributed by atoms with Crippen molar-refractivity contribution in [1.29, 1.82) is 0 Å². The second-order valence-corrected chi connectivity index (χ2v) is 1.84. The van der Waals surface area contributed by atoms with Crippen LogP contribution in [-0.2, 0) is 4.79 Å². The number of nitrogens with two attached hydrogens (primary N) is 2. The molecular formula is C6H11N3O. The van der Waals surface area contributed by atoms with Crippen molar-refractivity contribution in [2.75, 3.05) is 13.1 Å². The van der Waals surface area contributed by atoms with Crippen molar-refractivity contribution in [3.8, 4) is 12.3 Å². The molecule has 1 amide bonds. The number of rotatable bonds is 4. The first-order chi connectivity index (χ1) is 4.68. The fourth-order valence-corrected chi connectivity index (χ4v) is 0.400. The van der Waals surface area contributed by atoms with E-state index in [9.17, 15) is 4.79 Å². The summed E-state index contributed by atoms with van der Waals surface area (Å²) < 4.78 is 0. The first-order valence-electron chi connectivity index (χ1n) is 2.87. The molecule has 4 nitrogen and oxygen atoms in total. The number of primary amides is 1. The summed E-state index contributed by atoms with van der Waals surface area (Å²) in [4.78, 5) is 10.3. The standard InChI is InChI=1S/C6H11N3O/c1-2-3-9-4-5(7)6(8)10/h1,5,9H,3-4,7H2,(H2,8,10). The number of hydrogen-bond donors (Lipinski definition) is 3. The van der Waals surface area contributed by atoms with Gasteiger partial charge in [-0.05, 0) is 0 Å². The summed E-state index contributed by atoms with van der Waals surface area (Å²) in [5.74, 6) is 1.82. The van der Waals surface area contributed by atoms with Crippen LogP contribution in [0.1, 0.15) is 0 Å². The maximum atomic E-state index is 10.3. The van der Waals surface area contributed by atoms with Crippen LogP contribution >= 0.6 is 0 Å². The van der Waals surface area contributed by atoms with Crippen LogP contribution in [0.5, 0.6) is 0 Å². The van der Waals surface area contributed by atoms with E-state index in [4.69, 9.17) is 17.9 Å². The van der Waals surface area contributed by atoms with Crippen molar-refractivity contribution in [2.24, 2.45) is 11.5 Å². The molecule has 0 aliphatic carbocycles. The predicted molar refractivity (Wildman–Crippen MR) is 38.9 cm³/mol. The molecule has 0 rings (SSSR count). The average molecular weight is 141 g/mol. The van der Waals surface area contributed by atoms with Gasteiger partial charge in [0.1, 0.15) is 0 Å². The first kappa shape index (κ1) is 8.95. The highest BCUT2D eigenvalue weighted by Crippen LogP contribution is 1.70. The van der Waals surface area contributed by atoms with Gasteiger partial charge in [-0.1, -0.05) is 5.92 Å². The Balaban J connectivity index is 3.32. The molecule has 0 aromatic heterocycles. The summed E-state index contributed by atoms with van der Waals surface area (Å²) in [5, 5.41) is 2.75. The van der Waals surface area contributed by atoms with Crippen molar-refractivity contribution in [1.82, 2.24) is 5.32 Å². The highest BCUT2D eigenvalue weighted by molar-refractivity contribution is 5.79. The number of carbonyl (C=O) groups excluding carboxylic acids is 1. The van der Waals surface area contributed by atoms with Gasteiger partial charge >= 0.3 is 0 Å². The molecule has 0 aliphatic heterocycles. The maximum Gasteiger partial charge on any atom is 0.235 e. The van der Waals surface area contributed by atoms with E-state index in [1.807, 2.05) is 0 Å². The molecule has 10 heavy (non-hydrogen) atoms. The van der Waals surface area contributed by atoms with Gasteiger partial charge < -0.3 is 16.8 Å². The van der Waals surface area contributed by atoms with Gasteiger partial charge in [-0.3, -0.25) is 4.79 Å². The van der Waals surface area contributed by atoms with E-state index < -0.39 is 11.9 Å². The molecule has 0 bridgehead atoms. The second kappa shape index (κ2) is 4.79. The van der Waals surface area contributed by atoms with Crippen LogP contribution in [0.4, 0.5) is 0 Å². The molecule has 0 saturated carbocycles. The Kier molecular flexibility index (Phi) is 4.29. The number of amides is 1. The van der Waals surface area contributed by atoms with Crippen molar-refractivity contribution in [3.63, 3.8) is 0 Å². The van der Waals surface area contributed by atoms with E-state index in [-0.39, 0.29) is 0 Å². The van der Waals surface area contributed by atoms with Gasteiger partial charge in [0.25, 0.3) is 0 Å². The molecule has 1 unspecified atom stereocenters. The normalized spacial score (nSPS) is 12.0. The average Bonchev–Trinajstić information content (AvgIpc) is 1.88. The van der Waals surface area contributed by atoms with Crippen LogP contribution in [0.3, 0.4) is 0 Å². The largest absolute Gasteiger partial charge is 0.368 e. The molecule has 56 valence electrons. The van der Waals surface area contributed by atoms with E-state index >= 15 is 0 Å². The number of hydrogen-bond acceptors (Lipinski definition) is 3. The van der Waals surface area contributed by atoms with E-state index in [0.717, 1.165) is 0 Å². The zero-order valence-corrected chi connectivity index (χ0v) is 5.63. The van der Waals surface area contributed by atoms with Crippen LogP contribution in [-0.4, -0.2) is 25.0 Å². The molecule has 0 radical (unpaired) electrons. The van der Waals surface area contributed by atoms with Crippen LogP contribution in [0, 0.1) is 12.3 Å². The highest BCUT2D eigenvalue weighted by atomic mass is 16.1. The van der Waals surface area contributed by atoms with Crippen LogP contribution in [0.2, 0.25) is 0 Å². The monoisotopic (exact) mass is 141 g/mol. The van der Waals surface area contributed by atoms with E-state index in [0.29, 0.717) is 13.1 Å². The summed E-state index contributed by atoms with van der Waals surface area (Å²) in [6, 6.07) is -0.645. The zero-order chi connectivity index (χ0) is 7.98. The lowest BCUT2D eigenvalue weighted by atomic mass is 10.3. The van der Waals surface area contributed by atoms with Gasteiger partial charge in [0.2, 0.25) is 5.91 Å². The lowest BCUT2D eigenvalue weighted by molar-refractivity contribution is -0.119. The molecule has 5 N–H and O–H groups in total. The first-order valence-corrected chi connectivity index (χ1v) is 2.87. The quantitative estimate of drug-likeness (QED) is 0.313. The lowest BCUT2D eigenvalue weighted by Gasteiger charge is -2.05. The lowest BCUT2D eigenvalue weighted by Crippen LogP contribution is -2.44. The molecule has 1 atom stereocenters. The van der Waals surface area contributed by atoms with Crippen LogP contribution < -0.4 is 16.8 Å². The van der Waals surface area contributed by atoms with Crippen molar-refractivity contribution in [3.05, 3.63) is 0 Å². The van der Waals surface area contributed by atoms with Crippen LogP contribution in [0.15, 0.2) is 0 Å². The molecular weight excluding hydrogens is 130 g/mol. The van der Waals surface area contributed by atoms with Gasteiger partial charge in [-0.25, -0.2) is 0 Å². The molecule has 0 aliphatic rings. The molecule has 0 spiro atoms. The fraction of sp³-hybridized carbons (Fsp3) is 0.500. The smallest absolute Gasteiger partial charge is 0.235 e. The van der Waals surface area contributed by atoms with Gasteiger partial charge in [0.15, 0.2) is 0 Å². The van der Waals surface area contributed by atoms with Crippen molar-refractivity contribution < 1.29 is 4.79 Å². The summed E-state index contributed by atoms with van der Waals surface area (Å²) >= 11 is 0. The van der Waals surface area contributed by atoms with E-state index in [2.05, 4.69) is 11.2 Å². The minimum absolute atomic E-state index is 0.333. The maximum absolute atomic E-state index is 10.3. The fourth-order valence-electron chi connectivity index (χ4n) is 0.400. The molecule has 0 aromatic carbocycles. The van der Waals surface area contributed by atoms with Crippen molar-refractivity contribution in [2.45, 2.75) is 6.04 Å². The Morgan fingerprint density at radius 1 is 1.80 bits per heavy atom. The van der Waals surface area contributed by atoms with Gasteiger partial charge in [-0.15, -0.1) is 6.42 Å². The number of terminal acetylenes is 1. The molecule has 4 heteroatoms. The molecule has 0 heterocycles. The van der Waals surface area contributed by atoms with Gasteiger partial charge in [0, 0.05) is 6.54 Å². The van der Waals surface area contributed by atoms with Gasteiger partial charge in [0.05, 0.1) is 12.6 Å². The number of carbonyl (C=O) groups is 1. The molecule has 0 fully saturated rings. The van der Waals surface area contributed by atoms with Crippen molar-refractivity contribution >= 4 is 5.91 Å². The summed E-state index contributed by atoms with van der Waals surface area (Å²) in [7, 11) is 0. The topological polar surface area (TPSA) is 81.1 Å². The minimum Gasteiger partial charge on any atom is -0.368 e. The third-order valence-electron chi connectivity index (χ3n) is 0.957. The Bertz CT molecular complexity index is 150. The van der Waals surface area contributed by atoms with E-state index in [1.54, 1.807) is 0 Å². The molecule has 0 aromatic rings. The third kappa shape index (κ3) is 3.89. The Morgan fingerprint density at radius 2 is 2.40 bits per heavy atom. The SMILES string of the molecule is C#CCNCC(N)C(N)=O. The summed E-state index contributed by atoms with van der Waals surface area (Å²) in [6.45, 7) is 0.737. The summed E-state index contributed by atoms with van der Waals surface area (Å²) in [5.41, 5.74) is 10.1. The van der Waals surface area contributed by atoms with E-state index in [1.165, 1.54) is 0 Å². The third-order valence-corrected chi connectivity index (χ3v) is 0.957. The predicted octanol–water partition coefficient (Wildman–Crippen LogP) is -1.98. The Labute approximate surface area is 60.0 Å². The zero-order valence-electron chi connectivity index (χ0n) is 5.63. The second-order valence-electron chi connectivity index (χ2n) is 1.84. The Hall–Kier alpha value is -1.05. The minimum atomic E-state index is -0.645. The Morgan fingerprint density at radius 3 is 2.80 bits per heavy atom. The number of nitrogens with one attached hydrogen (secondary N) is 1. The summed E-state index contributed by atoms with van der Waals surface area (Å²) in [6.07, 6.45) is 4.92. The van der Waals surface area contributed by atoms with Crippen LogP contribution in [0.25, 0.3) is 0 Å². The molecule has 0 saturated heterocycles. The highest BCUT2D eigenvalue weighted by Gasteiger charge is 2.06. The van der Waals surface area contributed by atoms with Gasteiger partial charge in [-0.2, -0.15) is 0 Å².